The summed E-state index contributed by atoms with van der Waals surface area (Å²) in [5.41, 5.74) is 0. The molecule has 1 atom stereocenters. The van der Waals surface area contributed by atoms with E-state index in [0.29, 0.717) is 11.1 Å². The molecule has 0 radical (unpaired) electrons. The second kappa shape index (κ2) is 5.04. The highest BCUT2D eigenvalue weighted by Crippen LogP contribution is 2.20. The van der Waals surface area contributed by atoms with Gasteiger partial charge in [-0.25, -0.2) is 9.97 Å². The van der Waals surface area contributed by atoms with Crippen LogP contribution >= 0.6 is 39.3 Å². The minimum atomic E-state index is 0.354. The Morgan fingerprint density at radius 3 is 2.67 bits per heavy atom. The van der Waals surface area contributed by atoms with Crippen LogP contribution in [0.4, 0.5) is 0 Å². The third kappa shape index (κ3) is 3.29. The topological polar surface area (TPSA) is 25.8 Å². The number of hydrogen-bond donors (Lipinski definition) is 0. The van der Waals surface area contributed by atoms with Crippen molar-refractivity contribution in [2.24, 2.45) is 0 Å². The normalized spacial score (nSPS) is 12.9. The first-order valence-corrected chi connectivity index (χ1v) is 5.63. The molecule has 0 aromatic carbocycles. The number of halogens is 2. The molecule has 0 spiro atoms. The number of thioether (sulfide) groups is 1. The third-order valence-corrected chi connectivity index (χ3v) is 3.17. The van der Waals surface area contributed by atoms with E-state index in [1.165, 1.54) is 0 Å². The van der Waals surface area contributed by atoms with Gasteiger partial charge in [0.1, 0.15) is 0 Å². The lowest BCUT2D eigenvalue weighted by Crippen LogP contribution is -1.98. The Morgan fingerprint density at radius 1 is 1.58 bits per heavy atom. The monoisotopic (exact) mass is 266 g/mol. The fraction of sp³-hybridized carbons (Fsp3) is 0.429. The Morgan fingerprint density at radius 2 is 2.17 bits per heavy atom. The van der Waals surface area contributed by atoms with Crippen molar-refractivity contribution in [3.8, 4) is 0 Å². The summed E-state index contributed by atoms with van der Waals surface area (Å²) in [4.78, 5) is 8.23. The van der Waals surface area contributed by atoms with E-state index in [9.17, 15) is 0 Å². The van der Waals surface area contributed by atoms with Crippen LogP contribution in [0.3, 0.4) is 0 Å². The lowest BCUT2D eigenvalue weighted by Gasteiger charge is -2.03. The molecular weight excluding hydrogens is 260 g/mol. The first-order valence-electron chi connectivity index (χ1n) is 3.42. The molecule has 1 unspecified atom stereocenters. The molecule has 66 valence electrons. The third-order valence-electron chi connectivity index (χ3n) is 1.12. The molecule has 1 aromatic heterocycles. The molecule has 0 amide bonds. The average molecular weight is 268 g/mol. The summed E-state index contributed by atoms with van der Waals surface area (Å²) in [6.07, 6.45) is 3.46. The van der Waals surface area contributed by atoms with Gasteiger partial charge in [-0.1, -0.05) is 18.7 Å². The molecule has 1 rings (SSSR count). The van der Waals surface area contributed by atoms with Gasteiger partial charge in [-0.2, -0.15) is 0 Å². The van der Waals surface area contributed by atoms with E-state index >= 15 is 0 Å². The van der Waals surface area contributed by atoms with Gasteiger partial charge in [-0.3, -0.25) is 0 Å². The smallest absolute Gasteiger partial charge is 0.187 e. The van der Waals surface area contributed by atoms with E-state index in [0.717, 1.165) is 9.63 Å². The van der Waals surface area contributed by atoms with Crippen LogP contribution in [0.15, 0.2) is 22.0 Å². The van der Waals surface area contributed by atoms with Gasteiger partial charge in [0.05, 0.1) is 4.47 Å². The van der Waals surface area contributed by atoms with Crippen LogP contribution in [0.25, 0.3) is 0 Å². The maximum absolute atomic E-state index is 5.65. The molecule has 0 aliphatic carbocycles. The minimum absolute atomic E-state index is 0.354. The minimum Gasteiger partial charge on any atom is -0.230 e. The Balaban J connectivity index is 2.58. The molecule has 2 nitrogen and oxygen atoms in total. The molecule has 0 N–H and O–H groups in total. The van der Waals surface area contributed by atoms with Gasteiger partial charge in [-0.15, -0.1) is 11.6 Å². The van der Waals surface area contributed by atoms with Crippen LogP contribution in [0, 0.1) is 0 Å². The van der Waals surface area contributed by atoms with Gasteiger partial charge in [0.25, 0.3) is 0 Å². The highest BCUT2D eigenvalue weighted by Gasteiger charge is 2.04. The molecule has 0 aliphatic heterocycles. The Hall–Kier alpha value is 0.200. The van der Waals surface area contributed by atoms with Gasteiger partial charge < -0.3 is 0 Å². The van der Waals surface area contributed by atoms with Crippen LogP contribution < -0.4 is 0 Å². The highest BCUT2D eigenvalue weighted by atomic mass is 79.9. The zero-order valence-corrected chi connectivity index (χ0v) is 9.66. The van der Waals surface area contributed by atoms with E-state index in [4.69, 9.17) is 11.6 Å². The molecule has 12 heavy (non-hydrogen) atoms. The highest BCUT2D eigenvalue weighted by molar-refractivity contribution is 9.10. The van der Waals surface area contributed by atoms with Crippen LogP contribution in [-0.2, 0) is 0 Å². The molecule has 0 bridgehead atoms. The van der Waals surface area contributed by atoms with Crippen molar-refractivity contribution in [3.63, 3.8) is 0 Å². The maximum atomic E-state index is 5.65. The van der Waals surface area contributed by atoms with Gasteiger partial charge in [-0.05, 0) is 15.9 Å². The fourth-order valence-corrected chi connectivity index (χ4v) is 1.62. The predicted octanol–water partition coefficient (Wildman–Crippen LogP) is 2.96. The number of rotatable bonds is 3. The van der Waals surface area contributed by atoms with Crippen molar-refractivity contribution in [2.75, 3.05) is 5.88 Å². The SMILES string of the molecule is CC(CCl)Sc1ncc(Br)cn1. The number of hydrogen-bond acceptors (Lipinski definition) is 3. The van der Waals surface area contributed by atoms with Crippen molar-refractivity contribution in [2.45, 2.75) is 17.3 Å². The van der Waals surface area contributed by atoms with Crippen molar-refractivity contribution in [1.29, 1.82) is 0 Å². The largest absolute Gasteiger partial charge is 0.230 e. The quantitative estimate of drug-likeness (QED) is 0.478. The molecule has 0 saturated carbocycles. The first-order chi connectivity index (χ1) is 5.72. The van der Waals surface area contributed by atoms with E-state index < -0.39 is 0 Å². The summed E-state index contributed by atoms with van der Waals surface area (Å²) >= 11 is 10.5. The van der Waals surface area contributed by atoms with Crippen LogP contribution in [0.1, 0.15) is 6.92 Å². The molecule has 1 heterocycles. The fourth-order valence-electron chi connectivity index (χ4n) is 0.573. The van der Waals surface area contributed by atoms with Gasteiger partial charge in [0.15, 0.2) is 5.16 Å². The van der Waals surface area contributed by atoms with Gasteiger partial charge >= 0.3 is 0 Å². The molecular formula is C7H8BrClN2S. The molecule has 0 aliphatic rings. The van der Waals surface area contributed by atoms with Gasteiger partial charge in [0, 0.05) is 23.5 Å². The van der Waals surface area contributed by atoms with E-state index in [1.807, 2.05) is 6.92 Å². The Kier molecular flexibility index (Phi) is 4.32. The predicted molar refractivity (Wildman–Crippen MR) is 55.8 cm³/mol. The Bertz CT molecular complexity index is 242. The number of nitrogens with zero attached hydrogens (tertiary/aromatic N) is 2. The van der Waals surface area contributed by atoms with E-state index in [-0.39, 0.29) is 0 Å². The standard InChI is InChI=1S/C7H8BrClN2S/c1-5(2-9)12-7-10-3-6(8)4-11-7/h3-5H,2H2,1H3. The average Bonchev–Trinajstić information content (AvgIpc) is 2.09. The lowest BCUT2D eigenvalue weighted by atomic mass is 10.6. The van der Waals surface area contributed by atoms with Gasteiger partial charge in [0.2, 0.25) is 0 Å². The van der Waals surface area contributed by atoms with E-state index in [2.05, 4.69) is 25.9 Å². The summed E-state index contributed by atoms with van der Waals surface area (Å²) in [5.74, 6) is 0.615. The van der Waals surface area contributed by atoms with Crippen molar-refractivity contribution in [3.05, 3.63) is 16.9 Å². The zero-order valence-electron chi connectivity index (χ0n) is 6.50. The maximum Gasteiger partial charge on any atom is 0.187 e. The number of aromatic nitrogens is 2. The number of alkyl halides is 1. The Labute approximate surface area is 89.3 Å². The summed E-state index contributed by atoms with van der Waals surface area (Å²) in [7, 11) is 0. The summed E-state index contributed by atoms with van der Waals surface area (Å²) in [5, 5.41) is 1.12. The first kappa shape index (κ1) is 10.3. The van der Waals surface area contributed by atoms with E-state index in [1.54, 1.807) is 24.2 Å². The van der Waals surface area contributed by atoms with Crippen molar-refractivity contribution < 1.29 is 0 Å². The van der Waals surface area contributed by atoms with Crippen LogP contribution in [0.5, 0.6) is 0 Å². The van der Waals surface area contributed by atoms with Crippen molar-refractivity contribution in [1.82, 2.24) is 9.97 Å². The lowest BCUT2D eigenvalue weighted by molar-refractivity contribution is 0.947. The summed E-state index contributed by atoms with van der Waals surface area (Å²) in [6, 6.07) is 0. The summed E-state index contributed by atoms with van der Waals surface area (Å²) < 4.78 is 0.894. The second-order valence-electron chi connectivity index (χ2n) is 2.27. The molecule has 0 fully saturated rings. The molecule has 5 heteroatoms. The van der Waals surface area contributed by atoms with Crippen LogP contribution in [0.2, 0.25) is 0 Å². The molecule has 0 saturated heterocycles. The van der Waals surface area contributed by atoms with Crippen LogP contribution in [-0.4, -0.2) is 21.1 Å². The molecule has 1 aromatic rings. The summed E-state index contributed by atoms with van der Waals surface area (Å²) in [6.45, 7) is 2.04. The zero-order chi connectivity index (χ0) is 8.97. The second-order valence-corrected chi connectivity index (χ2v) is 4.90. The van der Waals surface area contributed by atoms with Crippen molar-refractivity contribution >= 4 is 39.3 Å².